The third-order valence-electron chi connectivity index (χ3n) is 7.06. The lowest BCUT2D eigenvalue weighted by molar-refractivity contribution is -0.137. The van der Waals surface area contributed by atoms with Crippen LogP contribution < -0.4 is 10.2 Å². The van der Waals surface area contributed by atoms with Crippen molar-refractivity contribution in [3.8, 4) is 0 Å². The number of hydrogen-bond donors (Lipinski definition) is 2. The molecular formula is C25H27F3N6O. The minimum absolute atomic E-state index is 0.341. The van der Waals surface area contributed by atoms with Crippen molar-refractivity contribution in [3.05, 3.63) is 48.0 Å². The molecular weight excluding hydrogens is 457 g/mol. The highest BCUT2D eigenvalue weighted by Crippen LogP contribution is 2.36. The fourth-order valence-corrected chi connectivity index (χ4v) is 5.23. The van der Waals surface area contributed by atoms with Crippen molar-refractivity contribution in [2.24, 2.45) is 0 Å². The summed E-state index contributed by atoms with van der Waals surface area (Å²) >= 11 is 0. The van der Waals surface area contributed by atoms with E-state index in [1.54, 1.807) is 0 Å². The van der Waals surface area contributed by atoms with Crippen LogP contribution in [0.25, 0.3) is 22.1 Å². The standard InChI is InChI=1S/C25H27F3N6O/c26-25(27,28)16-5-6-19-20(11-16)32-23(31-19)14-29-21-12-18(33-7-9-35-10-8-33)13-22-24(21)30-15-34(22)17-3-1-2-4-17/h5-6,11-13,15,17,29H,1-4,7-10,14H2,(H,31,32). The number of aromatic nitrogens is 4. The summed E-state index contributed by atoms with van der Waals surface area (Å²) in [6.07, 6.45) is 2.35. The Kier molecular flexibility index (Phi) is 5.55. The first-order valence-electron chi connectivity index (χ1n) is 12.1. The van der Waals surface area contributed by atoms with Crippen LogP contribution in [0.3, 0.4) is 0 Å². The zero-order valence-electron chi connectivity index (χ0n) is 19.2. The third-order valence-corrected chi connectivity index (χ3v) is 7.06. The van der Waals surface area contributed by atoms with Crippen LogP contribution in [0.5, 0.6) is 0 Å². The van der Waals surface area contributed by atoms with Gasteiger partial charge in [0.1, 0.15) is 11.3 Å². The molecule has 1 saturated heterocycles. The van der Waals surface area contributed by atoms with Crippen molar-refractivity contribution < 1.29 is 17.9 Å². The van der Waals surface area contributed by atoms with Crippen LogP contribution in [0.2, 0.25) is 0 Å². The van der Waals surface area contributed by atoms with Gasteiger partial charge >= 0.3 is 6.18 Å². The smallest absolute Gasteiger partial charge is 0.378 e. The number of alkyl halides is 3. The Bertz CT molecular complexity index is 1350. The molecule has 6 rings (SSSR count). The molecule has 0 bridgehead atoms. The average Bonchev–Trinajstić information content (AvgIpc) is 3.61. The van der Waals surface area contributed by atoms with Gasteiger partial charge in [0, 0.05) is 24.8 Å². The number of hydrogen-bond acceptors (Lipinski definition) is 5. The molecule has 0 spiro atoms. The fraction of sp³-hybridized carbons (Fsp3) is 0.440. The van der Waals surface area contributed by atoms with Crippen molar-refractivity contribution >= 4 is 33.4 Å². The van der Waals surface area contributed by atoms with E-state index in [4.69, 9.17) is 9.72 Å². The first kappa shape index (κ1) is 22.2. The Morgan fingerprint density at radius 1 is 1.09 bits per heavy atom. The van der Waals surface area contributed by atoms with Gasteiger partial charge in [-0.05, 0) is 43.2 Å². The first-order chi connectivity index (χ1) is 17.0. The summed E-state index contributed by atoms with van der Waals surface area (Å²) in [4.78, 5) is 14.6. The van der Waals surface area contributed by atoms with E-state index < -0.39 is 11.7 Å². The Balaban J connectivity index is 1.32. The molecule has 1 aliphatic heterocycles. The monoisotopic (exact) mass is 484 g/mol. The van der Waals surface area contributed by atoms with Gasteiger partial charge in [0.25, 0.3) is 0 Å². The van der Waals surface area contributed by atoms with Crippen molar-refractivity contribution in [1.82, 2.24) is 19.5 Å². The molecule has 2 aromatic carbocycles. The Labute approximate surface area is 200 Å². The van der Waals surface area contributed by atoms with E-state index in [2.05, 4.69) is 36.9 Å². The highest BCUT2D eigenvalue weighted by Gasteiger charge is 2.30. The third kappa shape index (κ3) is 4.31. The second kappa shape index (κ2) is 8.75. The number of anilines is 2. The molecule has 2 fully saturated rings. The second-order valence-electron chi connectivity index (χ2n) is 9.32. The summed E-state index contributed by atoms with van der Waals surface area (Å²) in [7, 11) is 0. The van der Waals surface area contributed by atoms with E-state index in [0.29, 0.717) is 42.7 Å². The van der Waals surface area contributed by atoms with Crippen molar-refractivity contribution in [2.45, 2.75) is 44.4 Å². The summed E-state index contributed by atoms with van der Waals surface area (Å²) in [5.41, 5.74) is 4.18. The predicted molar refractivity (Wildman–Crippen MR) is 129 cm³/mol. The minimum atomic E-state index is -4.39. The molecule has 7 nitrogen and oxygen atoms in total. The van der Waals surface area contributed by atoms with Gasteiger partial charge < -0.3 is 24.5 Å². The largest absolute Gasteiger partial charge is 0.416 e. The zero-order chi connectivity index (χ0) is 24.0. The van der Waals surface area contributed by atoms with Crippen LogP contribution in [0.1, 0.15) is 43.1 Å². The summed E-state index contributed by atoms with van der Waals surface area (Å²) in [5, 5.41) is 3.44. The number of benzene rings is 2. The molecule has 0 radical (unpaired) electrons. The van der Waals surface area contributed by atoms with E-state index in [1.165, 1.54) is 18.9 Å². The van der Waals surface area contributed by atoms with Crippen LogP contribution in [0.15, 0.2) is 36.7 Å². The number of nitrogens with zero attached hydrogens (tertiary/aromatic N) is 4. The van der Waals surface area contributed by atoms with Crippen molar-refractivity contribution in [3.63, 3.8) is 0 Å². The number of aromatic amines is 1. The van der Waals surface area contributed by atoms with Crippen LogP contribution in [-0.4, -0.2) is 45.8 Å². The maximum atomic E-state index is 13.1. The van der Waals surface area contributed by atoms with Gasteiger partial charge in [0.05, 0.1) is 53.9 Å². The number of nitrogens with one attached hydrogen (secondary N) is 2. The van der Waals surface area contributed by atoms with Crippen molar-refractivity contribution in [1.29, 1.82) is 0 Å². The molecule has 1 aliphatic carbocycles. The van der Waals surface area contributed by atoms with Gasteiger partial charge in [-0.2, -0.15) is 13.2 Å². The molecule has 10 heteroatoms. The minimum Gasteiger partial charge on any atom is -0.378 e. The lowest BCUT2D eigenvalue weighted by atomic mass is 10.2. The summed E-state index contributed by atoms with van der Waals surface area (Å²) in [6.45, 7) is 3.39. The van der Waals surface area contributed by atoms with Crippen LogP contribution in [-0.2, 0) is 17.5 Å². The molecule has 3 heterocycles. The number of ether oxygens (including phenoxy) is 1. The Morgan fingerprint density at radius 2 is 1.89 bits per heavy atom. The lowest BCUT2D eigenvalue weighted by Crippen LogP contribution is -2.36. The quantitative estimate of drug-likeness (QED) is 0.392. The SMILES string of the molecule is FC(F)(F)c1ccc2nc(CNc3cc(N4CCOCC4)cc4c3ncn4C3CCCC3)[nH]c2c1. The van der Waals surface area contributed by atoms with E-state index in [9.17, 15) is 13.2 Å². The van der Waals surface area contributed by atoms with E-state index in [-0.39, 0.29) is 0 Å². The molecule has 4 aromatic rings. The molecule has 0 amide bonds. The molecule has 2 aliphatic rings. The molecule has 0 unspecified atom stereocenters. The lowest BCUT2D eigenvalue weighted by Gasteiger charge is -2.29. The molecule has 1 saturated carbocycles. The second-order valence-corrected chi connectivity index (χ2v) is 9.32. The fourth-order valence-electron chi connectivity index (χ4n) is 5.23. The highest BCUT2D eigenvalue weighted by molar-refractivity contribution is 5.92. The average molecular weight is 485 g/mol. The highest BCUT2D eigenvalue weighted by atomic mass is 19.4. The first-order valence-corrected chi connectivity index (χ1v) is 12.1. The van der Waals surface area contributed by atoms with Crippen molar-refractivity contribution in [2.75, 3.05) is 36.5 Å². The van der Waals surface area contributed by atoms with E-state index in [0.717, 1.165) is 60.5 Å². The zero-order valence-corrected chi connectivity index (χ0v) is 19.2. The summed E-state index contributed by atoms with van der Waals surface area (Å²) in [6, 6.07) is 8.35. The number of rotatable bonds is 5. The number of morpholine rings is 1. The number of fused-ring (bicyclic) bond motifs is 2. The van der Waals surface area contributed by atoms with Crippen LogP contribution in [0.4, 0.5) is 24.5 Å². The van der Waals surface area contributed by atoms with Gasteiger partial charge in [-0.3, -0.25) is 0 Å². The topological polar surface area (TPSA) is 71.0 Å². The Hall–Kier alpha value is -3.27. The van der Waals surface area contributed by atoms with Gasteiger partial charge in [-0.15, -0.1) is 0 Å². The molecule has 2 aromatic heterocycles. The van der Waals surface area contributed by atoms with Crippen LogP contribution in [0, 0.1) is 0 Å². The van der Waals surface area contributed by atoms with E-state index >= 15 is 0 Å². The number of halogens is 3. The van der Waals surface area contributed by atoms with Gasteiger partial charge in [0.15, 0.2) is 0 Å². The van der Waals surface area contributed by atoms with Gasteiger partial charge in [0.2, 0.25) is 0 Å². The molecule has 35 heavy (non-hydrogen) atoms. The van der Waals surface area contributed by atoms with Gasteiger partial charge in [-0.25, -0.2) is 9.97 Å². The maximum absolute atomic E-state index is 13.1. The molecule has 2 N–H and O–H groups in total. The molecule has 184 valence electrons. The normalized spacial score (nSPS) is 17.6. The van der Waals surface area contributed by atoms with Crippen LogP contribution >= 0.6 is 0 Å². The summed E-state index contributed by atoms with van der Waals surface area (Å²) in [5.74, 6) is 0.569. The van der Waals surface area contributed by atoms with E-state index in [1.807, 2.05) is 6.33 Å². The van der Waals surface area contributed by atoms with Gasteiger partial charge in [-0.1, -0.05) is 12.8 Å². The molecule has 0 atom stereocenters. The summed E-state index contributed by atoms with van der Waals surface area (Å²) < 4.78 is 47.1. The Morgan fingerprint density at radius 3 is 2.66 bits per heavy atom. The maximum Gasteiger partial charge on any atom is 0.416 e. The predicted octanol–water partition coefficient (Wildman–Crippen LogP) is 5.50. The number of imidazole rings is 2. The number of H-pyrrole nitrogens is 1.